The number of aromatic nitrogens is 2. The minimum Gasteiger partial charge on any atom is -0.490 e. The lowest BCUT2D eigenvalue weighted by molar-refractivity contribution is 0.261. The van der Waals surface area contributed by atoms with Crippen molar-refractivity contribution in [1.29, 1.82) is 0 Å². The first-order chi connectivity index (χ1) is 10.2. The molecular weight excluding hydrogens is 296 g/mol. The molecule has 0 N–H and O–H groups in total. The van der Waals surface area contributed by atoms with Crippen LogP contribution in [0.1, 0.15) is 20.8 Å². The first kappa shape index (κ1) is 15.4. The van der Waals surface area contributed by atoms with Gasteiger partial charge in [-0.05, 0) is 49.7 Å². The summed E-state index contributed by atoms with van der Waals surface area (Å²) in [5.74, 6) is 1.99. The molecule has 0 aliphatic carbocycles. The van der Waals surface area contributed by atoms with E-state index in [9.17, 15) is 0 Å². The lowest BCUT2D eigenvalue weighted by atomic mass is 10.1. The van der Waals surface area contributed by atoms with Crippen LogP contribution in [0, 0.1) is 0 Å². The van der Waals surface area contributed by atoms with Gasteiger partial charge >= 0.3 is 0 Å². The monoisotopic (exact) mass is 312 g/mol. The lowest BCUT2D eigenvalue weighted by Crippen LogP contribution is -2.03. The average molecular weight is 313 g/mol. The van der Waals surface area contributed by atoms with E-state index < -0.39 is 0 Å². The van der Waals surface area contributed by atoms with Gasteiger partial charge in [-0.1, -0.05) is 0 Å². The van der Waals surface area contributed by atoms with E-state index in [1.807, 2.05) is 20.8 Å². The molecule has 1 aromatic heterocycles. The molecule has 7 heteroatoms. The Labute approximate surface area is 128 Å². The van der Waals surface area contributed by atoms with Crippen molar-refractivity contribution in [1.82, 2.24) is 10.1 Å². The van der Waals surface area contributed by atoms with Crippen LogP contribution in [0.2, 0.25) is 5.28 Å². The van der Waals surface area contributed by atoms with Crippen molar-refractivity contribution in [2.75, 3.05) is 19.8 Å². The third-order valence-electron chi connectivity index (χ3n) is 2.56. The zero-order valence-corrected chi connectivity index (χ0v) is 12.9. The van der Waals surface area contributed by atoms with Crippen LogP contribution < -0.4 is 14.2 Å². The van der Waals surface area contributed by atoms with Gasteiger partial charge in [0, 0.05) is 5.56 Å². The van der Waals surface area contributed by atoms with Crippen molar-refractivity contribution in [3.63, 3.8) is 0 Å². The SMILES string of the molecule is CCOc1cc(-c2nc(Cl)no2)cc(OCC)c1OCC. The predicted octanol–water partition coefficient (Wildman–Crippen LogP) is 3.59. The van der Waals surface area contributed by atoms with Gasteiger partial charge in [-0.2, -0.15) is 4.98 Å². The molecule has 6 nitrogen and oxygen atoms in total. The molecule has 0 atom stereocenters. The van der Waals surface area contributed by atoms with Gasteiger partial charge in [-0.25, -0.2) is 0 Å². The van der Waals surface area contributed by atoms with Crippen LogP contribution in [0.3, 0.4) is 0 Å². The molecule has 0 fully saturated rings. The molecule has 1 heterocycles. The predicted molar refractivity (Wildman–Crippen MR) is 78.3 cm³/mol. The lowest BCUT2D eigenvalue weighted by Gasteiger charge is -2.16. The quantitative estimate of drug-likeness (QED) is 0.778. The van der Waals surface area contributed by atoms with E-state index >= 15 is 0 Å². The number of nitrogens with zero attached hydrogens (tertiary/aromatic N) is 2. The van der Waals surface area contributed by atoms with E-state index in [0.717, 1.165) is 0 Å². The Hall–Kier alpha value is -1.95. The van der Waals surface area contributed by atoms with Gasteiger partial charge in [-0.3, -0.25) is 0 Å². The summed E-state index contributed by atoms with van der Waals surface area (Å²) >= 11 is 5.69. The fourth-order valence-corrected chi connectivity index (χ4v) is 1.95. The molecule has 2 rings (SSSR count). The Balaban J connectivity index is 2.51. The van der Waals surface area contributed by atoms with Crippen LogP contribution in [0.4, 0.5) is 0 Å². The van der Waals surface area contributed by atoms with Crippen LogP contribution in [0.25, 0.3) is 11.5 Å². The van der Waals surface area contributed by atoms with E-state index in [1.54, 1.807) is 12.1 Å². The zero-order chi connectivity index (χ0) is 15.2. The van der Waals surface area contributed by atoms with E-state index in [1.165, 1.54) is 0 Å². The summed E-state index contributed by atoms with van der Waals surface area (Å²) in [7, 11) is 0. The van der Waals surface area contributed by atoms with Crippen LogP contribution in [0.15, 0.2) is 16.7 Å². The van der Waals surface area contributed by atoms with Crippen LogP contribution in [-0.4, -0.2) is 30.0 Å². The molecule has 0 unspecified atom stereocenters. The maximum atomic E-state index is 5.69. The Bertz CT molecular complexity index is 573. The number of hydrogen-bond acceptors (Lipinski definition) is 6. The second-order valence-electron chi connectivity index (χ2n) is 3.97. The van der Waals surface area contributed by atoms with Crippen molar-refractivity contribution in [3.8, 4) is 28.7 Å². The topological polar surface area (TPSA) is 66.6 Å². The Morgan fingerprint density at radius 1 is 1.00 bits per heavy atom. The van der Waals surface area contributed by atoms with Crippen LogP contribution in [0.5, 0.6) is 17.2 Å². The van der Waals surface area contributed by atoms with Gasteiger partial charge in [0.1, 0.15) is 0 Å². The fourth-order valence-electron chi connectivity index (χ4n) is 1.83. The molecule has 114 valence electrons. The van der Waals surface area contributed by atoms with Crippen molar-refractivity contribution >= 4 is 11.6 Å². The Kier molecular flexibility index (Phi) is 5.27. The third kappa shape index (κ3) is 3.58. The molecule has 2 aromatic rings. The van der Waals surface area contributed by atoms with Crippen molar-refractivity contribution in [3.05, 3.63) is 17.4 Å². The number of benzene rings is 1. The number of halogens is 1. The normalized spacial score (nSPS) is 10.5. The summed E-state index contributed by atoms with van der Waals surface area (Å²) in [5, 5.41) is 3.62. The molecule has 0 amide bonds. The van der Waals surface area contributed by atoms with Crippen LogP contribution in [-0.2, 0) is 0 Å². The molecular formula is C14H17ClN2O4. The molecule has 0 aliphatic rings. The number of rotatable bonds is 7. The van der Waals surface area contributed by atoms with Gasteiger partial charge in [0.2, 0.25) is 5.75 Å². The smallest absolute Gasteiger partial charge is 0.264 e. The third-order valence-corrected chi connectivity index (χ3v) is 2.71. The number of hydrogen-bond donors (Lipinski definition) is 0. The molecule has 0 saturated carbocycles. The highest BCUT2D eigenvalue weighted by Gasteiger charge is 2.18. The summed E-state index contributed by atoms with van der Waals surface area (Å²) in [6.07, 6.45) is 0. The molecule has 0 spiro atoms. The minimum atomic E-state index is 0.0507. The maximum Gasteiger partial charge on any atom is 0.264 e. The standard InChI is InChI=1S/C14H17ClN2O4/c1-4-18-10-7-9(13-16-14(15)17-21-13)8-11(19-5-2)12(10)20-6-3/h7-8H,4-6H2,1-3H3. The van der Waals surface area contributed by atoms with Gasteiger partial charge in [0.15, 0.2) is 11.5 Å². The largest absolute Gasteiger partial charge is 0.490 e. The van der Waals surface area contributed by atoms with E-state index in [-0.39, 0.29) is 5.28 Å². The highest BCUT2D eigenvalue weighted by atomic mass is 35.5. The molecule has 0 bridgehead atoms. The number of ether oxygens (including phenoxy) is 3. The summed E-state index contributed by atoms with van der Waals surface area (Å²) < 4.78 is 21.9. The summed E-state index contributed by atoms with van der Waals surface area (Å²) in [6.45, 7) is 7.20. The Morgan fingerprint density at radius 2 is 1.57 bits per heavy atom. The Morgan fingerprint density at radius 3 is 2.00 bits per heavy atom. The molecule has 1 aromatic carbocycles. The van der Waals surface area contributed by atoms with Gasteiger partial charge in [-0.15, -0.1) is 0 Å². The minimum absolute atomic E-state index is 0.0507. The fraction of sp³-hybridized carbons (Fsp3) is 0.429. The highest BCUT2D eigenvalue weighted by Crippen LogP contribution is 2.41. The molecule has 21 heavy (non-hydrogen) atoms. The summed E-state index contributed by atoms with van der Waals surface area (Å²) in [4.78, 5) is 3.99. The van der Waals surface area contributed by atoms with E-state index in [0.29, 0.717) is 48.5 Å². The molecule has 0 aliphatic heterocycles. The zero-order valence-electron chi connectivity index (χ0n) is 12.2. The summed E-state index contributed by atoms with van der Waals surface area (Å²) in [6, 6.07) is 3.53. The first-order valence-corrected chi connectivity index (χ1v) is 7.13. The van der Waals surface area contributed by atoms with E-state index in [2.05, 4.69) is 10.1 Å². The van der Waals surface area contributed by atoms with Crippen molar-refractivity contribution < 1.29 is 18.7 Å². The summed E-state index contributed by atoms with van der Waals surface area (Å²) in [5.41, 5.74) is 0.657. The average Bonchev–Trinajstić information content (AvgIpc) is 2.89. The van der Waals surface area contributed by atoms with Gasteiger partial charge in [0.25, 0.3) is 11.2 Å². The van der Waals surface area contributed by atoms with Crippen LogP contribution >= 0.6 is 11.6 Å². The first-order valence-electron chi connectivity index (χ1n) is 6.75. The van der Waals surface area contributed by atoms with Crippen molar-refractivity contribution in [2.24, 2.45) is 0 Å². The molecule has 0 saturated heterocycles. The second-order valence-corrected chi connectivity index (χ2v) is 4.31. The second kappa shape index (κ2) is 7.17. The van der Waals surface area contributed by atoms with Gasteiger partial charge < -0.3 is 18.7 Å². The molecule has 0 radical (unpaired) electrons. The highest BCUT2D eigenvalue weighted by molar-refractivity contribution is 6.28. The van der Waals surface area contributed by atoms with Crippen molar-refractivity contribution in [2.45, 2.75) is 20.8 Å². The van der Waals surface area contributed by atoms with Gasteiger partial charge in [0.05, 0.1) is 19.8 Å². The maximum absolute atomic E-state index is 5.69. The van der Waals surface area contributed by atoms with E-state index in [4.69, 9.17) is 30.3 Å².